The molecule has 2 N–H and O–H groups in total. The van der Waals surface area contributed by atoms with Gasteiger partial charge in [-0.15, -0.1) is 0 Å². The highest BCUT2D eigenvalue weighted by atomic mass is 32.2. The maximum Gasteiger partial charge on any atom is 0.326 e. The number of aromatic nitrogens is 3. The molecule has 10 heteroatoms. The zero-order valence-corrected chi connectivity index (χ0v) is 17.4. The second kappa shape index (κ2) is 8.62. The van der Waals surface area contributed by atoms with Gasteiger partial charge in [-0.3, -0.25) is 4.79 Å². The van der Waals surface area contributed by atoms with Gasteiger partial charge in [0.2, 0.25) is 0 Å². The fourth-order valence-corrected chi connectivity index (χ4v) is 3.86. The Morgan fingerprint density at radius 1 is 1.20 bits per heavy atom. The second-order valence-electron chi connectivity index (χ2n) is 6.81. The van der Waals surface area contributed by atoms with Crippen molar-refractivity contribution in [1.29, 1.82) is 0 Å². The third-order valence-corrected chi connectivity index (χ3v) is 6.55. The summed E-state index contributed by atoms with van der Waals surface area (Å²) in [5, 5.41) is 16.9. The second-order valence-corrected chi connectivity index (χ2v) is 9.28. The van der Waals surface area contributed by atoms with Gasteiger partial charge in [0.15, 0.2) is 5.82 Å². The van der Waals surface area contributed by atoms with E-state index in [2.05, 4.69) is 15.4 Å². The number of carboxylic acids is 1. The van der Waals surface area contributed by atoms with Gasteiger partial charge < -0.3 is 10.4 Å². The summed E-state index contributed by atoms with van der Waals surface area (Å²) < 4.78 is 24.8. The molecule has 30 heavy (non-hydrogen) atoms. The molecular formula is C20H22N4O5S. The number of carboxylic acid groups (broad SMARTS) is 1. The van der Waals surface area contributed by atoms with Crippen molar-refractivity contribution in [3.05, 3.63) is 53.9 Å². The van der Waals surface area contributed by atoms with E-state index in [0.717, 1.165) is 10.9 Å². The number of nitrogens with zero attached hydrogens (tertiary/aromatic N) is 3. The Bertz CT molecular complexity index is 1200. The molecular weight excluding hydrogens is 408 g/mol. The van der Waals surface area contributed by atoms with Crippen LogP contribution < -0.4 is 5.32 Å². The summed E-state index contributed by atoms with van der Waals surface area (Å²) in [4.78, 5) is 28.6. The molecule has 2 aromatic heterocycles. The molecule has 3 rings (SSSR count). The molecule has 0 aliphatic carbocycles. The molecule has 0 spiro atoms. The molecule has 9 nitrogen and oxygen atoms in total. The van der Waals surface area contributed by atoms with Crippen LogP contribution in [0.4, 0.5) is 0 Å². The number of rotatable bonds is 8. The molecule has 1 atom stereocenters. The van der Waals surface area contributed by atoms with Crippen LogP contribution in [-0.2, 0) is 14.6 Å². The van der Waals surface area contributed by atoms with Gasteiger partial charge in [-0.1, -0.05) is 25.1 Å². The van der Waals surface area contributed by atoms with Crippen LogP contribution in [0.3, 0.4) is 0 Å². The van der Waals surface area contributed by atoms with E-state index in [1.807, 2.05) is 30.3 Å². The highest BCUT2D eigenvalue weighted by molar-refractivity contribution is 7.91. The number of hydrogen-bond donors (Lipinski definition) is 2. The molecule has 158 valence electrons. The highest BCUT2D eigenvalue weighted by Crippen LogP contribution is 2.17. The minimum atomic E-state index is -3.35. The predicted octanol–water partition coefficient (Wildman–Crippen LogP) is 1.74. The zero-order valence-electron chi connectivity index (χ0n) is 16.6. The predicted molar refractivity (Wildman–Crippen MR) is 111 cm³/mol. The maximum atomic E-state index is 12.6. The minimum absolute atomic E-state index is 0.0854. The topological polar surface area (TPSA) is 131 Å². The summed E-state index contributed by atoms with van der Waals surface area (Å²) >= 11 is 0. The van der Waals surface area contributed by atoms with E-state index in [1.165, 1.54) is 17.8 Å². The lowest BCUT2D eigenvalue weighted by atomic mass is 10.2. The van der Waals surface area contributed by atoms with E-state index < -0.39 is 27.8 Å². The van der Waals surface area contributed by atoms with Gasteiger partial charge >= 0.3 is 5.97 Å². The largest absolute Gasteiger partial charge is 0.480 e. The fraction of sp³-hybridized carbons (Fsp3) is 0.300. The van der Waals surface area contributed by atoms with Crippen LogP contribution in [0.5, 0.6) is 0 Å². The van der Waals surface area contributed by atoms with Crippen LogP contribution in [0.1, 0.15) is 29.4 Å². The Morgan fingerprint density at radius 3 is 2.63 bits per heavy atom. The Balaban J connectivity index is 1.81. The maximum absolute atomic E-state index is 12.6. The molecule has 0 radical (unpaired) electrons. The molecule has 3 aromatic rings. The van der Waals surface area contributed by atoms with Gasteiger partial charge in [0.1, 0.15) is 15.9 Å². The Labute approximate surface area is 173 Å². The number of pyridine rings is 1. The van der Waals surface area contributed by atoms with Crippen molar-refractivity contribution < 1.29 is 23.1 Å². The number of carbonyl (C=O) groups is 2. The first-order valence-electron chi connectivity index (χ1n) is 9.36. The molecule has 1 aromatic carbocycles. The van der Waals surface area contributed by atoms with Gasteiger partial charge in [0.25, 0.3) is 5.91 Å². The molecule has 0 saturated heterocycles. The number of para-hydroxylation sites is 1. The van der Waals surface area contributed by atoms with Crippen LogP contribution in [0.2, 0.25) is 0 Å². The van der Waals surface area contributed by atoms with E-state index in [9.17, 15) is 23.1 Å². The zero-order chi connectivity index (χ0) is 21.9. The molecule has 0 fully saturated rings. The molecule has 0 bridgehead atoms. The van der Waals surface area contributed by atoms with E-state index in [4.69, 9.17) is 0 Å². The summed E-state index contributed by atoms with van der Waals surface area (Å²) in [5.74, 6) is -1.82. The van der Waals surface area contributed by atoms with Gasteiger partial charge in [-0.2, -0.15) is 5.10 Å². The number of hydrogen-bond acceptors (Lipinski definition) is 6. The van der Waals surface area contributed by atoms with Crippen molar-refractivity contribution in [1.82, 2.24) is 20.1 Å². The van der Waals surface area contributed by atoms with Crippen LogP contribution in [0.15, 0.2) is 42.6 Å². The summed E-state index contributed by atoms with van der Waals surface area (Å²) in [7, 11) is -3.35. The quantitative estimate of drug-likeness (QED) is 0.556. The Hall–Kier alpha value is -3.27. The van der Waals surface area contributed by atoms with E-state index >= 15 is 0 Å². The molecule has 0 aliphatic rings. The van der Waals surface area contributed by atoms with E-state index in [-0.39, 0.29) is 23.5 Å². The molecule has 2 heterocycles. The lowest BCUT2D eigenvalue weighted by Gasteiger charge is -2.14. The number of fused-ring (bicyclic) bond motifs is 1. The number of sulfone groups is 1. The highest BCUT2D eigenvalue weighted by Gasteiger charge is 2.25. The lowest BCUT2D eigenvalue weighted by Crippen LogP contribution is -2.42. The van der Waals surface area contributed by atoms with Crippen LogP contribution >= 0.6 is 0 Å². The van der Waals surface area contributed by atoms with E-state index in [1.54, 1.807) is 13.0 Å². The smallest absolute Gasteiger partial charge is 0.326 e. The van der Waals surface area contributed by atoms with Crippen molar-refractivity contribution in [2.24, 2.45) is 0 Å². The van der Waals surface area contributed by atoms with Crippen LogP contribution in [-0.4, -0.2) is 57.7 Å². The van der Waals surface area contributed by atoms with Gasteiger partial charge in [0.05, 0.1) is 28.7 Å². The Morgan fingerprint density at radius 2 is 1.93 bits per heavy atom. The number of benzene rings is 1. The summed E-state index contributed by atoms with van der Waals surface area (Å²) in [6.45, 7) is 3.17. The first kappa shape index (κ1) is 21.4. The van der Waals surface area contributed by atoms with Crippen molar-refractivity contribution in [3.8, 4) is 5.82 Å². The van der Waals surface area contributed by atoms with Crippen LogP contribution in [0, 0.1) is 6.92 Å². The van der Waals surface area contributed by atoms with Crippen molar-refractivity contribution in [2.45, 2.75) is 26.3 Å². The average molecular weight is 430 g/mol. The monoisotopic (exact) mass is 430 g/mol. The van der Waals surface area contributed by atoms with Gasteiger partial charge in [-0.25, -0.2) is 22.9 Å². The number of carbonyl (C=O) groups excluding carboxylic acids is 1. The fourth-order valence-electron chi connectivity index (χ4n) is 2.97. The Kier molecular flexibility index (Phi) is 6.16. The SMILES string of the molecule is CCS(=O)(=O)CCC(NC(=O)c1cnn(-c2ccc3ccccc3n2)c1C)C(=O)O. The summed E-state index contributed by atoms with van der Waals surface area (Å²) in [5.41, 5.74) is 1.45. The molecule has 0 aliphatic heterocycles. The van der Waals surface area contributed by atoms with Gasteiger partial charge in [0, 0.05) is 11.1 Å². The normalized spacial score (nSPS) is 12.6. The lowest BCUT2D eigenvalue weighted by molar-refractivity contribution is -0.139. The van der Waals surface area contributed by atoms with Crippen molar-refractivity contribution in [2.75, 3.05) is 11.5 Å². The molecule has 0 saturated carbocycles. The molecule has 1 amide bonds. The minimum Gasteiger partial charge on any atom is -0.480 e. The van der Waals surface area contributed by atoms with Crippen molar-refractivity contribution in [3.63, 3.8) is 0 Å². The third kappa shape index (κ3) is 4.65. The van der Waals surface area contributed by atoms with Crippen molar-refractivity contribution >= 4 is 32.6 Å². The number of aliphatic carboxylic acids is 1. The average Bonchev–Trinajstić information content (AvgIpc) is 3.11. The van der Waals surface area contributed by atoms with Crippen LogP contribution in [0.25, 0.3) is 16.7 Å². The first-order valence-corrected chi connectivity index (χ1v) is 11.2. The van der Waals surface area contributed by atoms with E-state index in [0.29, 0.717) is 11.5 Å². The summed E-state index contributed by atoms with van der Waals surface area (Å²) in [6, 6.07) is 9.95. The number of nitrogens with one attached hydrogen (secondary N) is 1. The van der Waals surface area contributed by atoms with Gasteiger partial charge in [-0.05, 0) is 31.5 Å². The number of amides is 1. The summed E-state index contributed by atoms with van der Waals surface area (Å²) in [6.07, 6.45) is 1.12. The first-order chi connectivity index (χ1) is 14.2. The third-order valence-electron chi connectivity index (χ3n) is 4.82. The standard InChI is InChI=1S/C20H22N4O5S/c1-3-30(28,29)11-10-17(20(26)27)23-19(25)15-12-21-24(13(15)2)18-9-8-14-6-4-5-7-16(14)22-18/h4-9,12,17H,3,10-11H2,1-2H3,(H,23,25)(H,26,27). The molecule has 1 unspecified atom stereocenters.